The van der Waals surface area contributed by atoms with Gasteiger partial charge in [-0.15, -0.1) is 0 Å². The number of carbonyl (C=O) groups is 1. The molecule has 0 bridgehead atoms. The average molecular weight is 356 g/mol. The molecular weight excluding hydrogens is 330 g/mol. The minimum atomic E-state index is -0.364. The Bertz CT molecular complexity index is 574. The third-order valence-corrected chi connectivity index (χ3v) is 4.64. The highest BCUT2D eigenvalue weighted by molar-refractivity contribution is 6.32. The van der Waals surface area contributed by atoms with Crippen molar-refractivity contribution in [2.24, 2.45) is 0 Å². The van der Waals surface area contributed by atoms with Crippen molar-refractivity contribution in [1.29, 1.82) is 0 Å². The SMILES string of the molecule is CCN1CCN(C(=O)[C@@H](C)Nc2cc(Cl)c(OC)cc2OC)CC1. The van der Waals surface area contributed by atoms with Crippen LogP contribution in [0.1, 0.15) is 13.8 Å². The maximum atomic E-state index is 12.7. The van der Waals surface area contributed by atoms with Gasteiger partial charge in [0.2, 0.25) is 5.91 Å². The minimum Gasteiger partial charge on any atom is -0.495 e. The Morgan fingerprint density at radius 2 is 1.83 bits per heavy atom. The maximum absolute atomic E-state index is 12.7. The van der Waals surface area contributed by atoms with E-state index >= 15 is 0 Å². The Balaban J connectivity index is 2.05. The number of nitrogens with zero attached hydrogens (tertiary/aromatic N) is 2. The number of halogens is 1. The second-order valence-electron chi connectivity index (χ2n) is 5.81. The fraction of sp³-hybridized carbons (Fsp3) is 0.588. The molecule has 2 rings (SSSR count). The molecule has 0 unspecified atom stereocenters. The molecule has 0 radical (unpaired) electrons. The Morgan fingerprint density at radius 3 is 2.38 bits per heavy atom. The van der Waals surface area contributed by atoms with Crippen LogP contribution in [0.25, 0.3) is 0 Å². The van der Waals surface area contributed by atoms with Crippen molar-refractivity contribution < 1.29 is 14.3 Å². The van der Waals surface area contributed by atoms with Crippen molar-refractivity contribution in [1.82, 2.24) is 9.80 Å². The average Bonchev–Trinajstić information content (AvgIpc) is 2.61. The standard InChI is InChI=1S/C17H26ClN3O3/c1-5-20-6-8-21(9-7-20)17(22)12(2)19-14-10-13(18)15(23-3)11-16(14)24-4/h10-12,19H,5-9H2,1-4H3/t12-/m1/s1. The van der Waals surface area contributed by atoms with E-state index in [9.17, 15) is 4.79 Å². The normalized spacial score (nSPS) is 16.6. The number of carbonyl (C=O) groups excluding carboxylic acids is 1. The van der Waals surface area contributed by atoms with Crippen molar-refractivity contribution in [3.8, 4) is 11.5 Å². The molecule has 1 aromatic rings. The minimum absolute atomic E-state index is 0.0831. The molecule has 1 aliphatic rings. The molecule has 1 fully saturated rings. The van der Waals surface area contributed by atoms with Crippen molar-refractivity contribution >= 4 is 23.2 Å². The van der Waals surface area contributed by atoms with Gasteiger partial charge in [-0.3, -0.25) is 4.79 Å². The summed E-state index contributed by atoms with van der Waals surface area (Å²) in [5.74, 6) is 1.21. The van der Waals surface area contributed by atoms with Crippen molar-refractivity contribution in [2.75, 3.05) is 52.3 Å². The monoisotopic (exact) mass is 355 g/mol. The van der Waals surface area contributed by atoms with Crippen LogP contribution in [-0.4, -0.2) is 68.7 Å². The number of anilines is 1. The molecule has 0 aliphatic carbocycles. The van der Waals surface area contributed by atoms with E-state index in [4.69, 9.17) is 21.1 Å². The molecular formula is C17H26ClN3O3. The lowest BCUT2D eigenvalue weighted by Gasteiger charge is -2.35. The van der Waals surface area contributed by atoms with Gasteiger partial charge in [-0.2, -0.15) is 0 Å². The number of nitrogens with one attached hydrogen (secondary N) is 1. The number of benzene rings is 1. The number of hydrogen-bond acceptors (Lipinski definition) is 5. The third kappa shape index (κ3) is 4.24. The van der Waals surface area contributed by atoms with Crippen LogP contribution in [0.5, 0.6) is 11.5 Å². The van der Waals surface area contributed by atoms with Gasteiger partial charge >= 0.3 is 0 Å². The van der Waals surface area contributed by atoms with Crippen LogP contribution in [0.3, 0.4) is 0 Å². The highest BCUT2D eigenvalue weighted by atomic mass is 35.5. The third-order valence-electron chi connectivity index (χ3n) is 4.35. The summed E-state index contributed by atoms with van der Waals surface area (Å²) in [6.07, 6.45) is 0. The van der Waals surface area contributed by atoms with Crippen LogP contribution in [0, 0.1) is 0 Å². The van der Waals surface area contributed by atoms with Crippen LogP contribution < -0.4 is 14.8 Å². The van der Waals surface area contributed by atoms with E-state index < -0.39 is 0 Å². The predicted octanol–water partition coefficient (Wildman–Crippen LogP) is 2.32. The topological polar surface area (TPSA) is 54.0 Å². The van der Waals surface area contributed by atoms with Crippen molar-refractivity contribution in [3.05, 3.63) is 17.2 Å². The molecule has 1 amide bonds. The molecule has 1 heterocycles. The predicted molar refractivity (Wildman–Crippen MR) is 96.3 cm³/mol. The van der Waals surface area contributed by atoms with Crippen LogP contribution in [0.15, 0.2) is 12.1 Å². The number of hydrogen-bond donors (Lipinski definition) is 1. The summed E-state index contributed by atoms with van der Waals surface area (Å²) in [4.78, 5) is 16.9. The summed E-state index contributed by atoms with van der Waals surface area (Å²) in [6, 6.07) is 3.07. The molecule has 0 spiro atoms. The van der Waals surface area contributed by atoms with E-state index in [-0.39, 0.29) is 11.9 Å². The first-order valence-corrected chi connectivity index (χ1v) is 8.57. The zero-order valence-electron chi connectivity index (χ0n) is 14.8. The first-order valence-electron chi connectivity index (χ1n) is 8.19. The summed E-state index contributed by atoms with van der Waals surface area (Å²) in [5.41, 5.74) is 0.677. The Labute approximate surface area is 148 Å². The molecule has 1 saturated heterocycles. The largest absolute Gasteiger partial charge is 0.495 e. The summed E-state index contributed by atoms with van der Waals surface area (Å²) in [6.45, 7) is 8.39. The second-order valence-corrected chi connectivity index (χ2v) is 6.22. The summed E-state index contributed by atoms with van der Waals surface area (Å²) < 4.78 is 10.6. The number of likely N-dealkylation sites (N-methyl/N-ethyl adjacent to an activating group) is 1. The zero-order valence-corrected chi connectivity index (χ0v) is 15.5. The number of piperazine rings is 1. The molecule has 1 N–H and O–H groups in total. The van der Waals surface area contributed by atoms with E-state index in [1.54, 1.807) is 26.4 Å². The lowest BCUT2D eigenvalue weighted by atomic mass is 10.2. The quantitative estimate of drug-likeness (QED) is 0.848. The second kappa shape index (κ2) is 8.44. The van der Waals surface area contributed by atoms with Gasteiger partial charge in [-0.1, -0.05) is 18.5 Å². The van der Waals surface area contributed by atoms with Crippen molar-refractivity contribution in [3.63, 3.8) is 0 Å². The zero-order chi connectivity index (χ0) is 17.7. The number of rotatable bonds is 6. The van der Waals surface area contributed by atoms with Crippen LogP contribution in [0.4, 0.5) is 5.69 Å². The van der Waals surface area contributed by atoms with E-state index in [0.29, 0.717) is 22.2 Å². The molecule has 0 aromatic heterocycles. The molecule has 6 nitrogen and oxygen atoms in total. The van der Waals surface area contributed by atoms with Crippen LogP contribution >= 0.6 is 11.6 Å². The Morgan fingerprint density at radius 1 is 1.21 bits per heavy atom. The lowest BCUT2D eigenvalue weighted by molar-refractivity contribution is -0.133. The number of ether oxygens (including phenoxy) is 2. The van der Waals surface area contributed by atoms with E-state index in [1.807, 2.05) is 11.8 Å². The lowest BCUT2D eigenvalue weighted by Crippen LogP contribution is -2.52. The fourth-order valence-corrected chi connectivity index (χ4v) is 3.07. The Hall–Kier alpha value is -1.66. The number of amides is 1. The molecule has 7 heteroatoms. The van der Waals surface area contributed by atoms with Crippen LogP contribution in [0.2, 0.25) is 5.02 Å². The summed E-state index contributed by atoms with van der Waals surface area (Å²) in [7, 11) is 3.13. The highest BCUT2D eigenvalue weighted by Gasteiger charge is 2.25. The summed E-state index contributed by atoms with van der Waals surface area (Å²) >= 11 is 6.18. The van der Waals surface area contributed by atoms with Crippen LogP contribution in [-0.2, 0) is 4.79 Å². The van der Waals surface area contributed by atoms with Gasteiger partial charge in [0.05, 0.1) is 24.9 Å². The fourth-order valence-electron chi connectivity index (χ4n) is 2.83. The summed E-state index contributed by atoms with van der Waals surface area (Å²) in [5, 5.41) is 3.68. The van der Waals surface area contributed by atoms with E-state index in [2.05, 4.69) is 17.1 Å². The molecule has 0 saturated carbocycles. The van der Waals surface area contributed by atoms with Gasteiger partial charge in [-0.05, 0) is 19.5 Å². The molecule has 134 valence electrons. The van der Waals surface area contributed by atoms with Gasteiger partial charge in [0.15, 0.2) is 0 Å². The van der Waals surface area contributed by atoms with Gasteiger partial charge in [0.1, 0.15) is 17.5 Å². The first kappa shape index (κ1) is 18.7. The van der Waals surface area contributed by atoms with Gasteiger partial charge in [0.25, 0.3) is 0 Å². The molecule has 24 heavy (non-hydrogen) atoms. The van der Waals surface area contributed by atoms with Gasteiger partial charge in [0, 0.05) is 32.2 Å². The van der Waals surface area contributed by atoms with Gasteiger partial charge < -0.3 is 24.6 Å². The van der Waals surface area contributed by atoms with Gasteiger partial charge in [-0.25, -0.2) is 0 Å². The van der Waals surface area contributed by atoms with Crippen molar-refractivity contribution in [2.45, 2.75) is 19.9 Å². The first-order chi connectivity index (χ1) is 11.5. The van der Waals surface area contributed by atoms with E-state index in [0.717, 1.165) is 32.7 Å². The molecule has 1 aliphatic heterocycles. The molecule has 1 atom stereocenters. The number of methoxy groups -OCH3 is 2. The smallest absolute Gasteiger partial charge is 0.244 e. The van der Waals surface area contributed by atoms with E-state index in [1.165, 1.54) is 0 Å². The Kier molecular flexibility index (Phi) is 6.57. The highest BCUT2D eigenvalue weighted by Crippen LogP contribution is 2.36. The molecule has 1 aromatic carbocycles. The maximum Gasteiger partial charge on any atom is 0.244 e.